The van der Waals surface area contributed by atoms with Crippen LogP contribution in [0.15, 0.2) is 12.4 Å². The van der Waals surface area contributed by atoms with E-state index in [4.69, 9.17) is 9.47 Å². The van der Waals surface area contributed by atoms with Crippen LogP contribution in [0.5, 0.6) is 11.8 Å². The summed E-state index contributed by atoms with van der Waals surface area (Å²) in [5, 5.41) is 10.6. The normalized spacial score (nSPS) is 18.3. The van der Waals surface area contributed by atoms with Crippen molar-refractivity contribution in [2.24, 2.45) is 0 Å². The minimum absolute atomic E-state index is 0.0588. The van der Waals surface area contributed by atoms with Gasteiger partial charge in [0.15, 0.2) is 5.75 Å². The Hall–Kier alpha value is -1.96. The lowest BCUT2D eigenvalue weighted by molar-refractivity contribution is 0.164. The van der Waals surface area contributed by atoms with Crippen LogP contribution in [0, 0.1) is 0 Å². The van der Waals surface area contributed by atoms with Gasteiger partial charge in [-0.05, 0) is 12.8 Å². The Labute approximate surface area is 139 Å². The molecule has 8 heteroatoms. The number of rotatable bonds is 5. The lowest BCUT2D eigenvalue weighted by Crippen LogP contribution is -2.41. The van der Waals surface area contributed by atoms with Gasteiger partial charge < -0.3 is 14.4 Å². The van der Waals surface area contributed by atoms with Crippen molar-refractivity contribution in [1.82, 2.24) is 20.2 Å². The molecule has 124 valence electrons. The van der Waals surface area contributed by atoms with Gasteiger partial charge in [-0.25, -0.2) is 0 Å². The highest BCUT2D eigenvalue weighted by Crippen LogP contribution is 2.28. The van der Waals surface area contributed by atoms with Gasteiger partial charge in [0.1, 0.15) is 11.1 Å². The molecule has 2 aromatic heterocycles. The first-order valence-electron chi connectivity index (χ1n) is 7.76. The first-order chi connectivity index (χ1) is 11.2. The summed E-state index contributed by atoms with van der Waals surface area (Å²) >= 11 is 1.66. The van der Waals surface area contributed by atoms with E-state index < -0.39 is 0 Å². The van der Waals surface area contributed by atoms with E-state index >= 15 is 0 Å². The molecule has 1 saturated heterocycles. The summed E-state index contributed by atoms with van der Waals surface area (Å²) in [4.78, 5) is 10.6. The molecule has 1 fully saturated rings. The average Bonchev–Trinajstić information content (AvgIpc) is 3.06. The minimum atomic E-state index is 0.0588. The minimum Gasteiger partial charge on any atom is -0.494 e. The first kappa shape index (κ1) is 15.9. The molecule has 2 aromatic rings. The summed E-state index contributed by atoms with van der Waals surface area (Å²) in [7, 11) is 1.59. The average molecular weight is 335 g/mol. The van der Waals surface area contributed by atoms with Crippen molar-refractivity contribution in [3.63, 3.8) is 0 Å². The van der Waals surface area contributed by atoms with E-state index in [1.807, 2.05) is 0 Å². The molecule has 0 aliphatic carbocycles. The van der Waals surface area contributed by atoms with Crippen molar-refractivity contribution in [3.8, 4) is 11.8 Å². The molecule has 0 amide bonds. The number of ether oxygens (including phenoxy) is 2. The van der Waals surface area contributed by atoms with Gasteiger partial charge >= 0.3 is 6.01 Å². The van der Waals surface area contributed by atoms with Crippen molar-refractivity contribution in [2.45, 2.75) is 38.7 Å². The van der Waals surface area contributed by atoms with E-state index in [1.165, 1.54) is 0 Å². The van der Waals surface area contributed by atoms with Crippen molar-refractivity contribution >= 4 is 16.5 Å². The molecule has 3 rings (SSSR count). The maximum absolute atomic E-state index is 5.90. The number of piperidine rings is 1. The molecule has 0 radical (unpaired) electrons. The topological polar surface area (TPSA) is 73.3 Å². The number of hydrogen-bond donors (Lipinski definition) is 0. The zero-order valence-corrected chi connectivity index (χ0v) is 14.4. The van der Waals surface area contributed by atoms with Crippen molar-refractivity contribution in [2.75, 3.05) is 25.1 Å². The van der Waals surface area contributed by atoms with Crippen LogP contribution >= 0.6 is 11.3 Å². The Kier molecular flexibility index (Phi) is 4.90. The third-order valence-corrected chi connectivity index (χ3v) is 4.97. The Morgan fingerprint density at radius 2 is 2.04 bits per heavy atom. The van der Waals surface area contributed by atoms with Crippen LogP contribution in [0.2, 0.25) is 0 Å². The Balaban J connectivity index is 1.62. The monoisotopic (exact) mass is 335 g/mol. The molecule has 1 aliphatic heterocycles. The SMILES string of the molecule is COc1cnc(OC2CCCN(c3nnc(C(C)C)s3)C2)nc1. The highest BCUT2D eigenvalue weighted by Gasteiger charge is 2.25. The maximum Gasteiger partial charge on any atom is 0.316 e. The van der Waals surface area contributed by atoms with Crippen molar-refractivity contribution in [3.05, 3.63) is 17.4 Å². The summed E-state index contributed by atoms with van der Waals surface area (Å²) in [6, 6.07) is 0.387. The number of hydrogen-bond acceptors (Lipinski definition) is 8. The zero-order valence-electron chi connectivity index (χ0n) is 13.6. The van der Waals surface area contributed by atoms with Crippen LogP contribution < -0.4 is 14.4 Å². The molecule has 0 aromatic carbocycles. The third kappa shape index (κ3) is 3.87. The summed E-state index contributed by atoms with van der Waals surface area (Å²) in [5.74, 6) is 1.03. The quantitative estimate of drug-likeness (QED) is 0.831. The lowest BCUT2D eigenvalue weighted by Gasteiger charge is -2.31. The molecule has 1 aliphatic rings. The second kappa shape index (κ2) is 7.08. The van der Waals surface area contributed by atoms with Gasteiger partial charge in [-0.1, -0.05) is 25.2 Å². The predicted octanol–water partition coefficient (Wildman–Crippen LogP) is 2.51. The largest absolute Gasteiger partial charge is 0.494 e. The third-order valence-electron chi connectivity index (χ3n) is 3.68. The van der Waals surface area contributed by atoms with Gasteiger partial charge in [0, 0.05) is 12.5 Å². The second-order valence-electron chi connectivity index (χ2n) is 5.81. The number of methoxy groups -OCH3 is 1. The summed E-state index contributed by atoms with van der Waals surface area (Å²) in [5.41, 5.74) is 0. The van der Waals surface area contributed by atoms with Crippen LogP contribution in [0.4, 0.5) is 5.13 Å². The summed E-state index contributed by atoms with van der Waals surface area (Å²) < 4.78 is 11.0. The van der Waals surface area contributed by atoms with Gasteiger partial charge in [0.25, 0.3) is 0 Å². The van der Waals surface area contributed by atoms with E-state index in [-0.39, 0.29) is 6.10 Å². The molecule has 1 atom stereocenters. The highest BCUT2D eigenvalue weighted by atomic mass is 32.1. The van der Waals surface area contributed by atoms with Gasteiger partial charge in [-0.2, -0.15) is 9.97 Å². The Morgan fingerprint density at radius 3 is 2.70 bits per heavy atom. The fourth-order valence-electron chi connectivity index (χ4n) is 2.42. The van der Waals surface area contributed by atoms with Gasteiger partial charge in [-0.3, -0.25) is 0 Å². The van der Waals surface area contributed by atoms with Crippen LogP contribution in [0.25, 0.3) is 0 Å². The molecule has 1 unspecified atom stereocenters. The summed E-state index contributed by atoms with van der Waals surface area (Å²) in [6.45, 7) is 6.03. The Bertz CT molecular complexity index is 631. The fourth-order valence-corrected chi connectivity index (χ4v) is 3.30. The molecule has 23 heavy (non-hydrogen) atoms. The fraction of sp³-hybridized carbons (Fsp3) is 0.600. The Morgan fingerprint density at radius 1 is 1.26 bits per heavy atom. The molecule has 0 N–H and O–H groups in total. The lowest BCUT2D eigenvalue weighted by atomic mass is 10.1. The predicted molar refractivity (Wildman–Crippen MR) is 88.4 cm³/mol. The van der Waals surface area contributed by atoms with Gasteiger partial charge in [0.2, 0.25) is 5.13 Å². The van der Waals surface area contributed by atoms with E-state index in [0.29, 0.717) is 17.7 Å². The standard InChI is InChI=1S/C15H21N5O2S/c1-10(2)13-18-19-15(23-13)20-6-4-5-11(9-20)22-14-16-7-12(21-3)8-17-14/h7-8,10-11H,4-6,9H2,1-3H3. The number of aromatic nitrogens is 4. The number of anilines is 1. The maximum atomic E-state index is 5.90. The van der Waals surface area contributed by atoms with E-state index in [9.17, 15) is 0 Å². The zero-order chi connectivity index (χ0) is 16.2. The molecular formula is C15H21N5O2S. The van der Waals surface area contributed by atoms with Crippen LogP contribution in [0.1, 0.15) is 37.6 Å². The van der Waals surface area contributed by atoms with Gasteiger partial charge in [-0.15, -0.1) is 10.2 Å². The van der Waals surface area contributed by atoms with Crippen LogP contribution in [0.3, 0.4) is 0 Å². The molecular weight excluding hydrogens is 314 g/mol. The van der Waals surface area contributed by atoms with Crippen molar-refractivity contribution in [1.29, 1.82) is 0 Å². The second-order valence-corrected chi connectivity index (χ2v) is 6.80. The van der Waals surface area contributed by atoms with Gasteiger partial charge in [0.05, 0.1) is 26.0 Å². The van der Waals surface area contributed by atoms with Crippen LogP contribution in [-0.2, 0) is 0 Å². The molecule has 0 saturated carbocycles. The number of nitrogens with zero attached hydrogens (tertiary/aromatic N) is 5. The highest BCUT2D eigenvalue weighted by molar-refractivity contribution is 7.15. The molecule has 0 spiro atoms. The molecule has 7 nitrogen and oxygen atoms in total. The van der Waals surface area contributed by atoms with E-state index in [2.05, 4.69) is 38.9 Å². The van der Waals surface area contributed by atoms with E-state index in [1.54, 1.807) is 30.8 Å². The van der Waals surface area contributed by atoms with Crippen molar-refractivity contribution < 1.29 is 9.47 Å². The first-order valence-corrected chi connectivity index (χ1v) is 8.58. The smallest absolute Gasteiger partial charge is 0.316 e. The molecule has 3 heterocycles. The molecule has 0 bridgehead atoms. The van der Waals surface area contributed by atoms with E-state index in [0.717, 1.165) is 36.1 Å². The summed E-state index contributed by atoms with van der Waals surface area (Å²) in [6.07, 6.45) is 5.33. The van der Waals surface area contributed by atoms with Crippen LogP contribution in [-0.4, -0.2) is 46.5 Å².